The molecule has 0 bridgehead atoms. The van der Waals surface area contributed by atoms with E-state index in [-0.39, 0.29) is 5.91 Å². The number of carbonyl (C=O) groups excluding carboxylic acids is 2. The maximum Gasteiger partial charge on any atom is 0.254 e. The standard InChI is InChI=1S/C16H15IN2O2/c1-19(16(21)13-4-2-3-5-14(13)17)10-11-6-8-12(9-7-11)15(18)20/h2-9H,10H2,1H3,(H2,18,20). The summed E-state index contributed by atoms with van der Waals surface area (Å²) < 4.78 is 0.927. The van der Waals surface area contributed by atoms with Crippen molar-refractivity contribution in [2.75, 3.05) is 7.05 Å². The van der Waals surface area contributed by atoms with Gasteiger partial charge in [0.05, 0.1) is 5.56 Å². The average molecular weight is 394 g/mol. The second kappa shape index (κ2) is 6.71. The van der Waals surface area contributed by atoms with Crippen molar-refractivity contribution in [3.8, 4) is 0 Å². The molecule has 0 radical (unpaired) electrons. The molecule has 2 amide bonds. The summed E-state index contributed by atoms with van der Waals surface area (Å²) in [4.78, 5) is 25.1. The van der Waals surface area contributed by atoms with Gasteiger partial charge in [0.2, 0.25) is 5.91 Å². The van der Waals surface area contributed by atoms with Gasteiger partial charge in [0.1, 0.15) is 0 Å². The first kappa shape index (κ1) is 15.5. The Balaban J connectivity index is 2.10. The zero-order valence-corrected chi connectivity index (χ0v) is 13.7. The molecular formula is C16H15IN2O2. The van der Waals surface area contributed by atoms with Crippen LogP contribution in [0.15, 0.2) is 48.5 Å². The monoisotopic (exact) mass is 394 g/mol. The van der Waals surface area contributed by atoms with Crippen LogP contribution in [0.3, 0.4) is 0 Å². The minimum atomic E-state index is -0.454. The molecule has 2 rings (SSSR count). The number of primary amides is 1. The Morgan fingerprint density at radius 3 is 2.29 bits per heavy atom. The summed E-state index contributed by atoms with van der Waals surface area (Å²) in [6.07, 6.45) is 0. The molecule has 0 aromatic heterocycles. The first-order valence-corrected chi connectivity index (χ1v) is 7.45. The van der Waals surface area contributed by atoms with E-state index in [2.05, 4.69) is 22.6 Å². The van der Waals surface area contributed by atoms with Crippen molar-refractivity contribution in [3.05, 3.63) is 68.8 Å². The summed E-state index contributed by atoms with van der Waals surface area (Å²) in [6.45, 7) is 0.475. The van der Waals surface area contributed by atoms with Gasteiger partial charge in [0, 0.05) is 22.7 Å². The molecule has 21 heavy (non-hydrogen) atoms. The number of halogens is 1. The molecule has 0 saturated heterocycles. The Morgan fingerprint density at radius 2 is 1.71 bits per heavy atom. The highest BCUT2D eigenvalue weighted by Crippen LogP contribution is 2.15. The van der Waals surface area contributed by atoms with Gasteiger partial charge >= 0.3 is 0 Å². The summed E-state index contributed by atoms with van der Waals surface area (Å²) >= 11 is 2.15. The summed E-state index contributed by atoms with van der Waals surface area (Å²) in [5.41, 5.74) is 7.30. The van der Waals surface area contributed by atoms with Crippen LogP contribution in [-0.4, -0.2) is 23.8 Å². The van der Waals surface area contributed by atoms with Gasteiger partial charge in [-0.3, -0.25) is 9.59 Å². The van der Waals surface area contributed by atoms with E-state index in [4.69, 9.17) is 5.73 Å². The predicted octanol–water partition coefficient (Wildman–Crippen LogP) is 2.66. The second-order valence-corrected chi connectivity index (χ2v) is 5.86. The minimum Gasteiger partial charge on any atom is -0.366 e. The number of nitrogens with zero attached hydrogens (tertiary/aromatic N) is 1. The van der Waals surface area contributed by atoms with Crippen molar-refractivity contribution in [2.24, 2.45) is 5.73 Å². The highest BCUT2D eigenvalue weighted by Gasteiger charge is 2.14. The quantitative estimate of drug-likeness (QED) is 0.811. The zero-order chi connectivity index (χ0) is 15.4. The zero-order valence-electron chi connectivity index (χ0n) is 11.5. The highest BCUT2D eigenvalue weighted by atomic mass is 127. The molecule has 5 heteroatoms. The molecule has 0 aliphatic heterocycles. The van der Waals surface area contributed by atoms with E-state index in [9.17, 15) is 9.59 Å². The number of hydrogen-bond acceptors (Lipinski definition) is 2. The SMILES string of the molecule is CN(Cc1ccc(C(N)=O)cc1)C(=O)c1ccccc1I. The molecule has 4 nitrogen and oxygen atoms in total. The lowest BCUT2D eigenvalue weighted by Crippen LogP contribution is -2.26. The molecule has 2 aromatic carbocycles. The Bertz CT molecular complexity index is 668. The summed E-state index contributed by atoms with van der Waals surface area (Å²) in [5.74, 6) is -0.483. The van der Waals surface area contributed by atoms with Crippen LogP contribution < -0.4 is 5.73 Å². The molecule has 2 aromatic rings. The van der Waals surface area contributed by atoms with Gasteiger partial charge in [0.15, 0.2) is 0 Å². The topological polar surface area (TPSA) is 63.4 Å². The lowest BCUT2D eigenvalue weighted by molar-refractivity contribution is 0.0783. The Labute approximate surface area is 137 Å². The van der Waals surface area contributed by atoms with Gasteiger partial charge in [0.25, 0.3) is 5.91 Å². The Hall–Kier alpha value is -1.89. The fourth-order valence-corrected chi connectivity index (χ4v) is 2.58. The van der Waals surface area contributed by atoms with E-state index < -0.39 is 5.91 Å². The summed E-state index contributed by atoms with van der Waals surface area (Å²) in [7, 11) is 1.76. The highest BCUT2D eigenvalue weighted by molar-refractivity contribution is 14.1. The van der Waals surface area contributed by atoms with Crippen molar-refractivity contribution in [1.29, 1.82) is 0 Å². The van der Waals surface area contributed by atoms with E-state index in [0.29, 0.717) is 17.7 Å². The molecule has 0 aliphatic rings. The molecular weight excluding hydrogens is 379 g/mol. The molecule has 108 valence electrons. The third-order valence-electron chi connectivity index (χ3n) is 3.11. The Morgan fingerprint density at radius 1 is 1.10 bits per heavy atom. The number of carbonyl (C=O) groups is 2. The molecule has 0 saturated carbocycles. The molecule has 0 unspecified atom stereocenters. The van der Waals surface area contributed by atoms with E-state index in [0.717, 1.165) is 9.13 Å². The van der Waals surface area contributed by atoms with Crippen LogP contribution in [0.25, 0.3) is 0 Å². The molecule has 0 atom stereocenters. The first-order valence-electron chi connectivity index (χ1n) is 6.38. The van der Waals surface area contributed by atoms with Gasteiger partial charge in [-0.05, 0) is 52.4 Å². The first-order chi connectivity index (χ1) is 9.99. The van der Waals surface area contributed by atoms with Gasteiger partial charge in [-0.1, -0.05) is 24.3 Å². The fraction of sp³-hybridized carbons (Fsp3) is 0.125. The summed E-state index contributed by atoms with van der Waals surface area (Å²) in [6, 6.07) is 14.4. The normalized spacial score (nSPS) is 10.2. The molecule has 0 fully saturated rings. The molecule has 0 aliphatic carbocycles. The lowest BCUT2D eigenvalue weighted by Gasteiger charge is -2.18. The van der Waals surface area contributed by atoms with Crippen molar-refractivity contribution in [1.82, 2.24) is 4.90 Å². The third-order valence-corrected chi connectivity index (χ3v) is 4.05. The largest absolute Gasteiger partial charge is 0.366 e. The van der Waals surface area contributed by atoms with Crippen molar-refractivity contribution in [2.45, 2.75) is 6.54 Å². The van der Waals surface area contributed by atoms with Gasteiger partial charge in [-0.2, -0.15) is 0 Å². The summed E-state index contributed by atoms with van der Waals surface area (Å²) in [5, 5.41) is 0. The number of benzene rings is 2. The van der Waals surface area contributed by atoms with E-state index in [1.165, 1.54) is 0 Å². The van der Waals surface area contributed by atoms with E-state index in [1.54, 1.807) is 36.2 Å². The van der Waals surface area contributed by atoms with Gasteiger partial charge in [-0.25, -0.2) is 0 Å². The number of hydrogen-bond donors (Lipinski definition) is 1. The van der Waals surface area contributed by atoms with Crippen LogP contribution in [-0.2, 0) is 6.54 Å². The van der Waals surface area contributed by atoms with Gasteiger partial charge < -0.3 is 10.6 Å². The van der Waals surface area contributed by atoms with Gasteiger partial charge in [-0.15, -0.1) is 0 Å². The van der Waals surface area contributed by atoms with Crippen molar-refractivity contribution in [3.63, 3.8) is 0 Å². The molecule has 0 spiro atoms. The Kier molecular flexibility index (Phi) is 4.95. The van der Waals surface area contributed by atoms with Crippen LogP contribution >= 0.6 is 22.6 Å². The van der Waals surface area contributed by atoms with Crippen LogP contribution in [0.2, 0.25) is 0 Å². The maximum atomic E-state index is 12.4. The number of nitrogens with two attached hydrogens (primary N) is 1. The van der Waals surface area contributed by atoms with Crippen LogP contribution in [0.1, 0.15) is 26.3 Å². The maximum absolute atomic E-state index is 12.4. The number of amides is 2. The average Bonchev–Trinajstić information content (AvgIpc) is 2.47. The van der Waals surface area contributed by atoms with Crippen LogP contribution in [0.4, 0.5) is 0 Å². The van der Waals surface area contributed by atoms with Crippen LogP contribution in [0.5, 0.6) is 0 Å². The third kappa shape index (κ3) is 3.81. The predicted molar refractivity (Wildman–Crippen MR) is 89.9 cm³/mol. The minimum absolute atomic E-state index is 0.0287. The van der Waals surface area contributed by atoms with Crippen molar-refractivity contribution >= 4 is 34.4 Å². The molecule has 0 heterocycles. The lowest BCUT2D eigenvalue weighted by atomic mass is 10.1. The van der Waals surface area contributed by atoms with Crippen LogP contribution in [0, 0.1) is 3.57 Å². The number of rotatable bonds is 4. The molecule has 2 N–H and O–H groups in total. The second-order valence-electron chi connectivity index (χ2n) is 4.70. The fourth-order valence-electron chi connectivity index (χ4n) is 1.96. The van der Waals surface area contributed by atoms with E-state index >= 15 is 0 Å². The van der Waals surface area contributed by atoms with Crippen molar-refractivity contribution < 1.29 is 9.59 Å². The smallest absolute Gasteiger partial charge is 0.254 e. The van der Waals surface area contributed by atoms with E-state index in [1.807, 2.05) is 24.3 Å².